The molecular formula is C16H20N4O3. The number of hydrogen-bond acceptors (Lipinski definition) is 5. The van der Waals surface area contributed by atoms with Gasteiger partial charge in [-0.05, 0) is 25.2 Å². The van der Waals surface area contributed by atoms with Gasteiger partial charge in [0.05, 0.1) is 5.69 Å². The number of benzene rings is 1. The van der Waals surface area contributed by atoms with Crippen molar-refractivity contribution in [1.82, 2.24) is 10.1 Å². The van der Waals surface area contributed by atoms with E-state index >= 15 is 0 Å². The fraction of sp³-hybridized carbons (Fsp3) is 0.312. The van der Waals surface area contributed by atoms with Crippen molar-refractivity contribution in [3.8, 4) is 0 Å². The number of aromatic nitrogens is 1. The second kappa shape index (κ2) is 8.09. The molecule has 2 aromatic rings. The second-order valence-corrected chi connectivity index (χ2v) is 5.29. The van der Waals surface area contributed by atoms with Crippen molar-refractivity contribution in [2.45, 2.75) is 19.9 Å². The molecule has 23 heavy (non-hydrogen) atoms. The number of nitrogens with zero attached hydrogens (tertiary/aromatic N) is 2. The smallest absolute Gasteiger partial charge is 0.225 e. The lowest BCUT2D eigenvalue weighted by Crippen LogP contribution is -2.24. The third-order valence-electron chi connectivity index (χ3n) is 3.11. The van der Waals surface area contributed by atoms with Gasteiger partial charge in [0.1, 0.15) is 6.26 Å². The minimum absolute atomic E-state index is 0.0861. The summed E-state index contributed by atoms with van der Waals surface area (Å²) in [7, 11) is 1.92. The molecule has 0 aliphatic carbocycles. The first-order chi connectivity index (χ1) is 11.0. The summed E-state index contributed by atoms with van der Waals surface area (Å²) in [4.78, 5) is 25.0. The molecule has 0 atom stereocenters. The molecular weight excluding hydrogens is 296 g/mol. The first-order valence-corrected chi connectivity index (χ1v) is 7.28. The van der Waals surface area contributed by atoms with E-state index in [2.05, 4.69) is 15.8 Å². The Bertz CT molecular complexity index is 655. The Morgan fingerprint density at radius 2 is 1.96 bits per heavy atom. The van der Waals surface area contributed by atoms with Crippen LogP contribution in [-0.4, -0.2) is 35.5 Å². The molecule has 0 aliphatic rings. The normalized spacial score (nSPS) is 10.6. The molecule has 0 radical (unpaired) electrons. The van der Waals surface area contributed by atoms with Crippen molar-refractivity contribution in [2.24, 2.45) is 0 Å². The van der Waals surface area contributed by atoms with Crippen LogP contribution in [0, 0.1) is 0 Å². The first kappa shape index (κ1) is 16.7. The van der Waals surface area contributed by atoms with Gasteiger partial charge in [0, 0.05) is 43.9 Å². The molecule has 0 unspecified atom stereocenters. The lowest BCUT2D eigenvalue weighted by molar-refractivity contribution is -0.116. The van der Waals surface area contributed by atoms with E-state index in [1.807, 2.05) is 11.9 Å². The predicted octanol–water partition coefficient (Wildman–Crippen LogP) is 2.09. The molecule has 0 saturated carbocycles. The molecule has 2 N–H and O–H groups in total. The summed E-state index contributed by atoms with van der Waals surface area (Å²) in [6.07, 6.45) is 1.89. The Morgan fingerprint density at radius 3 is 2.61 bits per heavy atom. The van der Waals surface area contributed by atoms with E-state index in [0.717, 1.165) is 5.69 Å². The predicted molar refractivity (Wildman–Crippen MR) is 86.8 cm³/mol. The SMILES string of the molecule is CC(=O)Nc1cccc(NC(=O)CCN(C)Cc2ccon2)c1. The second-order valence-electron chi connectivity index (χ2n) is 5.29. The van der Waals surface area contributed by atoms with E-state index in [4.69, 9.17) is 4.52 Å². The highest BCUT2D eigenvalue weighted by atomic mass is 16.5. The lowest BCUT2D eigenvalue weighted by atomic mass is 10.2. The van der Waals surface area contributed by atoms with Crippen molar-refractivity contribution in [2.75, 3.05) is 24.2 Å². The number of carbonyl (C=O) groups excluding carboxylic acids is 2. The van der Waals surface area contributed by atoms with Crippen LogP contribution >= 0.6 is 0 Å². The molecule has 1 heterocycles. The summed E-state index contributed by atoms with van der Waals surface area (Å²) in [5, 5.41) is 9.33. The molecule has 2 amide bonds. The minimum Gasteiger partial charge on any atom is -0.364 e. The van der Waals surface area contributed by atoms with Crippen LogP contribution in [0.4, 0.5) is 11.4 Å². The Morgan fingerprint density at radius 1 is 1.22 bits per heavy atom. The zero-order valence-corrected chi connectivity index (χ0v) is 13.2. The van der Waals surface area contributed by atoms with E-state index in [1.54, 1.807) is 30.3 Å². The highest BCUT2D eigenvalue weighted by molar-refractivity contribution is 5.93. The molecule has 7 heteroatoms. The van der Waals surface area contributed by atoms with Crippen LogP contribution in [-0.2, 0) is 16.1 Å². The lowest BCUT2D eigenvalue weighted by Gasteiger charge is -2.14. The first-order valence-electron chi connectivity index (χ1n) is 7.28. The maximum Gasteiger partial charge on any atom is 0.225 e. The molecule has 0 aliphatic heterocycles. The van der Waals surface area contributed by atoms with E-state index in [-0.39, 0.29) is 11.8 Å². The van der Waals surface area contributed by atoms with E-state index in [0.29, 0.717) is 30.9 Å². The van der Waals surface area contributed by atoms with Gasteiger partial charge in [-0.2, -0.15) is 0 Å². The summed E-state index contributed by atoms with van der Waals surface area (Å²) < 4.78 is 4.77. The average Bonchev–Trinajstić information content (AvgIpc) is 2.98. The van der Waals surface area contributed by atoms with Gasteiger partial charge in [0.15, 0.2) is 0 Å². The van der Waals surface area contributed by atoms with Gasteiger partial charge in [-0.1, -0.05) is 11.2 Å². The number of hydrogen-bond donors (Lipinski definition) is 2. The zero-order valence-electron chi connectivity index (χ0n) is 13.2. The van der Waals surface area contributed by atoms with Gasteiger partial charge < -0.3 is 15.2 Å². The van der Waals surface area contributed by atoms with E-state index in [1.165, 1.54) is 13.2 Å². The third kappa shape index (κ3) is 5.91. The topological polar surface area (TPSA) is 87.5 Å². The van der Waals surface area contributed by atoms with Crippen molar-refractivity contribution in [1.29, 1.82) is 0 Å². The number of amides is 2. The van der Waals surface area contributed by atoms with Crippen molar-refractivity contribution in [3.05, 3.63) is 42.3 Å². The number of carbonyl (C=O) groups is 2. The Kier molecular flexibility index (Phi) is 5.87. The molecule has 2 rings (SSSR count). The van der Waals surface area contributed by atoms with Crippen LogP contribution in [0.5, 0.6) is 0 Å². The average molecular weight is 316 g/mol. The highest BCUT2D eigenvalue weighted by Gasteiger charge is 2.07. The van der Waals surface area contributed by atoms with Gasteiger partial charge in [-0.15, -0.1) is 0 Å². The van der Waals surface area contributed by atoms with Crippen LogP contribution in [0.3, 0.4) is 0 Å². The molecule has 0 fully saturated rings. The largest absolute Gasteiger partial charge is 0.364 e. The molecule has 1 aromatic heterocycles. The third-order valence-corrected chi connectivity index (χ3v) is 3.11. The minimum atomic E-state index is -0.150. The Labute approximate surface area is 134 Å². The fourth-order valence-electron chi connectivity index (χ4n) is 2.07. The molecule has 0 spiro atoms. The van der Waals surface area contributed by atoms with Crippen LogP contribution < -0.4 is 10.6 Å². The number of anilines is 2. The molecule has 0 bridgehead atoms. The Hall–Kier alpha value is -2.67. The monoisotopic (exact) mass is 316 g/mol. The summed E-state index contributed by atoms with van der Waals surface area (Å²) >= 11 is 0. The summed E-state index contributed by atoms with van der Waals surface area (Å²) in [6.45, 7) is 2.67. The van der Waals surface area contributed by atoms with E-state index in [9.17, 15) is 9.59 Å². The summed E-state index contributed by atoms with van der Waals surface area (Å²) in [5.41, 5.74) is 2.13. The molecule has 0 saturated heterocycles. The van der Waals surface area contributed by atoms with Crippen LogP contribution in [0.1, 0.15) is 19.0 Å². The number of rotatable bonds is 7. The summed E-state index contributed by atoms with van der Waals surface area (Å²) in [5.74, 6) is -0.236. The molecule has 1 aromatic carbocycles. The van der Waals surface area contributed by atoms with Gasteiger partial charge in [-0.25, -0.2) is 0 Å². The standard InChI is InChI=1S/C16H20N4O3/c1-12(21)17-13-4-3-5-14(10-13)18-16(22)6-8-20(2)11-15-7-9-23-19-15/h3-5,7,9-10H,6,8,11H2,1-2H3,(H,17,21)(H,18,22). The van der Waals surface area contributed by atoms with Crippen LogP contribution in [0.15, 0.2) is 41.1 Å². The van der Waals surface area contributed by atoms with Crippen molar-refractivity contribution < 1.29 is 14.1 Å². The van der Waals surface area contributed by atoms with Gasteiger partial charge in [-0.3, -0.25) is 14.5 Å². The Balaban J connectivity index is 1.79. The van der Waals surface area contributed by atoms with E-state index < -0.39 is 0 Å². The molecule has 7 nitrogen and oxygen atoms in total. The van der Waals surface area contributed by atoms with Crippen molar-refractivity contribution >= 4 is 23.2 Å². The molecule has 122 valence electrons. The van der Waals surface area contributed by atoms with Gasteiger partial charge in [0.25, 0.3) is 0 Å². The highest BCUT2D eigenvalue weighted by Crippen LogP contribution is 2.15. The van der Waals surface area contributed by atoms with Crippen molar-refractivity contribution in [3.63, 3.8) is 0 Å². The quantitative estimate of drug-likeness (QED) is 0.816. The van der Waals surface area contributed by atoms with Gasteiger partial charge in [0.2, 0.25) is 11.8 Å². The maximum atomic E-state index is 12.0. The summed E-state index contributed by atoms with van der Waals surface area (Å²) in [6, 6.07) is 8.84. The maximum absolute atomic E-state index is 12.0. The van der Waals surface area contributed by atoms with Crippen LogP contribution in [0.25, 0.3) is 0 Å². The zero-order chi connectivity index (χ0) is 16.7. The van der Waals surface area contributed by atoms with Crippen LogP contribution in [0.2, 0.25) is 0 Å². The fourth-order valence-corrected chi connectivity index (χ4v) is 2.07. The van der Waals surface area contributed by atoms with Gasteiger partial charge >= 0.3 is 0 Å². The number of nitrogens with one attached hydrogen (secondary N) is 2.